The molecule has 2 unspecified atom stereocenters. The fraction of sp³-hybridized carbons (Fsp3) is 0.833. The van der Waals surface area contributed by atoms with E-state index in [1.807, 2.05) is 6.92 Å². The molecule has 0 aliphatic carbocycles. The number of carboxylic acids is 1. The lowest BCUT2D eigenvalue weighted by atomic mass is 9.79. The van der Waals surface area contributed by atoms with Crippen molar-refractivity contribution in [2.75, 3.05) is 19.7 Å². The van der Waals surface area contributed by atoms with Gasteiger partial charge in [-0.05, 0) is 12.3 Å². The van der Waals surface area contributed by atoms with Crippen LogP contribution in [-0.2, 0) is 14.3 Å². The minimum Gasteiger partial charge on any atom is -0.481 e. The summed E-state index contributed by atoms with van der Waals surface area (Å²) in [5.74, 6) is -2.35. The van der Waals surface area contributed by atoms with Crippen molar-refractivity contribution in [3.05, 3.63) is 0 Å². The molecule has 0 aromatic rings. The van der Waals surface area contributed by atoms with Crippen molar-refractivity contribution in [3.63, 3.8) is 0 Å². The second-order valence-corrected chi connectivity index (χ2v) is 5.60. The first-order chi connectivity index (χ1) is 7.73. The molecule has 1 amide bonds. The topological polar surface area (TPSA) is 66.8 Å². The van der Waals surface area contributed by atoms with E-state index in [9.17, 15) is 14.7 Å². The van der Waals surface area contributed by atoms with Crippen LogP contribution < -0.4 is 0 Å². The van der Waals surface area contributed by atoms with Crippen LogP contribution in [0.15, 0.2) is 0 Å². The van der Waals surface area contributed by atoms with Gasteiger partial charge in [-0.1, -0.05) is 20.8 Å². The van der Waals surface area contributed by atoms with E-state index in [1.54, 1.807) is 25.7 Å². The van der Waals surface area contributed by atoms with Gasteiger partial charge in [-0.3, -0.25) is 9.59 Å². The molecule has 1 aliphatic rings. The zero-order chi connectivity index (χ0) is 13.2. The Kier molecular flexibility index (Phi) is 4.14. The van der Waals surface area contributed by atoms with Gasteiger partial charge in [0.05, 0.1) is 12.7 Å². The van der Waals surface area contributed by atoms with Gasteiger partial charge in [-0.25, -0.2) is 0 Å². The van der Waals surface area contributed by atoms with Crippen LogP contribution in [0.25, 0.3) is 0 Å². The molecule has 0 spiro atoms. The zero-order valence-corrected chi connectivity index (χ0v) is 10.9. The zero-order valence-electron chi connectivity index (χ0n) is 10.9. The summed E-state index contributed by atoms with van der Waals surface area (Å²) in [6.45, 7) is 8.62. The van der Waals surface area contributed by atoms with Crippen molar-refractivity contribution < 1.29 is 19.4 Å². The predicted molar refractivity (Wildman–Crippen MR) is 62.6 cm³/mol. The molecule has 1 saturated heterocycles. The molecular weight excluding hydrogens is 222 g/mol. The van der Waals surface area contributed by atoms with Gasteiger partial charge in [0.2, 0.25) is 5.91 Å². The monoisotopic (exact) mass is 243 g/mol. The van der Waals surface area contributed by atoms with Gasteiger partial charge in [-0.2, -0.15) is 0 Å². The standard InChI is InChI=1S/C12H21NO4/c1-8-7-13(5-6-17-8)10(14)9(11(15)16)12(2,3)4/h8-9H,5-7H2,1-4H3,(H,15,16). The number of amides is 1. The second-order valence-electron chi connectivity index (χ2n) is 5.60. The number of carbonyl (C=O) groups excluding carboxylic acids is 1. The Hall–Kier alpha value is -1.10. The Labute approximate surface area is 102 Å². The normalized spacial score (nSPS) is 23.3. The van der Waals surface area contributed by atoms with Gasteiger partial charge >= 0.3 is 5.97 Å². The molecule has 1 heterocycles. The first kappa shape index (κ1) is 14.0. The number of aliphatic carboxylic acids is 1. The molecule has 1 aliphatic heterocycles. The summed E-state index contributed by atoms with van der Waals surface area (Å²) in [7, 11) is 0. The van der Waals surface area contributed by atoms with Crippen molar-refractivity contribution >= 4 is 11.9 Å². The van der Waals surface area contributed by atoms with Gasteiger partial charge in [0, 0.05) is 13.1 Å². The van der Waals surface area contributed by atoms with Crippen LogP contribution in [0, 0.1) is 11.3 Å². The van der Waals surface area contributed by atoms with Crippen LogP contribution in [-0.4, -0.2) is 47.7 Å². The molecule has 0 aromatic carbocycles. The lowest BCUT2D eigenvalue weighted by molar-refractivity contribution is -0.159. The van der Waals surface area contributed by atoms with Crippen molar-refractivity contribution in [2.24, 2.45) is 11.3 Å². The molecule has 5 heteroatoms. The number of nitrogens with zero attached hydrogens (tertiary/aromatic N) is 1. The fourth-order valence-electron chi connectivity index (χ4n) is 2.05. The Morgan fingerprint density at radius 2 is 2.00 bits per heavy atom. The summed E-state index contributed by atoms with van der Waals surface area (Å²) in [6.07, 6.45) is -0.0258. The third-order valence-corrected chi connectivity index (χ3v) is 2.91. The lowest BCUT2D eigenvalue weighted by Crippen LogP contribution is -2.51. The highest BCUT2D eigenvalue weighted by Crippen LogP contribution is 2.28. The van der Waals surface area contributed by atoms with Gasteiger partial charge in [0.25, 0.3) is 0 Å². The van der Waals surface area contributed by atoms with Crippen LogP contribution in [0.3, 0.4) is 0 Å². The van der Waals surface area contributed by atoms with E-state index in [-0.39, 0.29) is 12.0 Å². The van der Waals surface area contributed by atoms with Gasteiger partial charge in [0.15, 0.2) is 0 Å². The molecule has 5 nitrogen and oxygen atoms in total. The first-order valence-electron chi connectivity index (χ1n) is 5.86. The molecule has 0 aromatic heterocycles. The highest BCUT2D eigenvalue weighted by atomic mass is 16.5. The second kappa shape index (κ2) is 5.04. The SMILES string of the molecule is CC1CN(C(=O)C(C(=O)O)C(C)(C)C)CCO1. The van der Waals surface area contributed by atoms with Crippen molar-refractivity contribution in [2.45, 2.75) is 33.8 Å². The van der Waals surface area contributed by atoms with Crippen molar-refractivity contribution in [3.8, 4) is 0 Å². The van der Waals surface area contributed by atoms with Crippen LogP contribution in [0.1, 0.15) is 27.7 Å². The molecule has 0 saturated carbocycles. The van der Waals surface area contributed by atoms with Crippen LogP contribution in [0.5, 0.6) is 0 Å². The summed E-state index contributed by atoms with van der Waals surface area (Å²) in [5.41, 5.74) is -0.579. The summed E-state index contributed by atoms with van der Waals surface area (Å²) >= 11 is 0. The fourth-order valence-corrected chi connectivity index (χ4v) is 2.05. The summed E-state index contributed by atoms with van der Waals surface area (Å²) in [6, 6.07) is 0. The number of carboxylic acid groups (broad SMARTS) is 1. The van der Waals surface area contributed by atoms with E-state index >= 15 is 0 Å². The summed E-state index contributed by atoms with van der Waals surface area (Å²) in [5, 5.41) is 9.20. The molecule has 17 heavy (non-hydrogen) atoms. The maximum Gasteiger partial charge on any atom is 0.316 e. The van der Waals surface area contributed by atoms with Gasteiger partial charge < -0.3 is 14.7 Å². The number of hydrogen-bond acceptors (Lipinski definition) is 3. The molecular formula is C12H21NO4. The van der Waals surface area contributed by atoms with E-state index in [1.165, 1.54) is 0 Å². The van der Waals surface area contributed by atoms with Crippen LogP contribution >= 0.6 is 0 Å². The van der Waals surface area contributed by atoms with E-state index in [2.05, 4.69) is 0 Å². The maximum absolute atomic E-state index is 12.2. The van der Waals surface area contributed by atoms with Crippen LogP contribution in [0.2, 0.25) is 0 Å². The van der Waals surface area contributed by atoms with E-state index in [0.717, 1.165) is 0 Å². The van der Waals surface area contributed by atoms with Gasteiger partial charge in [-0.15, -0.1) is 0 Å². The molecule has 2 atom stereocenters. The van der Waals surface area contributed by atoms with Crippen molar-refractivity contribution in [1.82, 2.24) is 4.90 Å². The molecule has 0 bridgehead atoms. The number of carbonyl (C=O) groups is 2. The maximum atomic E-state index is 12.2. The lowest BCUT2D eigenvalue weighted by Gasteiger charge is -2.36. The smallest absolute Gasteiger partial charge is 0.316 e. The van der Waals surface area contributed by atoms with E-state index in [0.29, 0.717) is 19.7 Å². The predicted octanol–water partition coefficient (Wildman–Crippen LogP) is 0.981. The Balaban J connectivity index is 2.81. The average molecular weight is 243 g/mol. The minimum absolute atomic E-state index is 0.0258. The molecule has 1 rings (SSSR count). The van der Waals surface area contributed by atoms with Gasteiger partial charge in [0.1, 0.15) is 5.92 Å². The largest absolute Gasteiger partial charge is 0.481 e. The highest BCUT2D eigenvalue weighted by Gasteiger charge is 2.40. The Bertz CT molecular complexity index is 308. The number of hydrogen-bond donors (Lipinski definition) is 1. The first-order valence-corrected chi connectivity index (χ1v) is 5.86. The number of rotatable bonds is 2. The minimum atomic E-state index is -1.05. The van der Waals surface area contributed by atoms with Crippen LogP contribution in [0.4, 0.5) is 0 Å². The highest BCUT2D eigenvalue weighted by molar-refractivity contribution is 5.97. The Morgan fingerprint density at radius 3 is 2.41 bits per heavy atom. The summed E-state index contributed by atoms with van der Waals surface area (Å²) in [4.78, 5) is 25.0. The number of morpholine rings is 1. The third kappa shape index (κ3) is 3.43. The molecule has 98 valence electrons. The Morgan fingerprint density at radius 1 is 1.41 bits per heavy atom. The third-order valence-electron chi connectivity index (χ3n) is 2.91. The van der Waals surface area contributed by atoms with Crippen molar-refractivity contribution in [1.29, 1.82) is 0 Å². The number of ether oxygens (including phenoxy) is 1. The molecule has 1 fully saturated rings. The van der Waals surface area contributed by atoms with E-state index in [4.69, 9.17) is 4.74 Å². The molecule has 1 N–H and O–H groups in total. The average Bonchev–Trinajstić information content (AvgIpc) is 2.14. The summed E-state index contributed by atoms with van der Waals surface area (Å²) < 4.78 is 5.34. The molecule has 0 radical (unpaired) electrons. The van der Waals surface area contributed by atoms with E-state index < -0.39 is 17.3 Å². The quantitative estimate of drug-likeness (QED) is 0.734.